The molecule has 3 nitrogen and oxygen atoms in total. The molecule has 0 aromatic heterocycles. The summed E-state index contributed by atoms with van der Waals surface area (Å²) in [5, 5.41) is 17.6. The van der Waals surface area contributed by atoms with Crippen LogP contribution in [0.4, 0.5) is 14.5 Å². The van der Waals surface area contributed by atoms with Gasteiger partial charge in [0.1, 0.15) is 17.3 Å². The highest BCUT2D eigenvalue weighted by Gasteiger charge is 2.22. The molecule has 76 valence electrons. The molecular weight excluding hydrogens is 191 g/mol. The summed E-state index contributed by atoms with van der Waals surface area (Å²) in [6, 6.07) is 2.00. The second kappa shape index (κ2) is 3.94. The Morgan fingerprint density at radius 2 is 1.79 bits per heavy atom. The van der Waals surface area contributed by atoms with Gasteiger partial charge in [-0.3, -0.25) is 0 Å². The van der Waals surface area contributed by atoms with E-state index in [2.05, 4.69) is 0 Å². The molecule has 0 spiro atoms. The average molecular weight is 201 g/mol. The van der Waals surface area contributed by atoms with Crippen LogP contribution in [-0.4, -0.2) is 31.3 Å². The molecule has 0 saturated carbocycles. The minimum absolute atomic E-state index is 0.282. The topological polar surface area (TPSA) is 43.7 Å². The predicted octanol–water partition coefficient (Wildman–Crippen LogP) is -0.289. The van der Waals surface area contributed by atoms with E-state index < -0.39 is 18.8 Å². The van der Waals surface area contributed by atoms with Crippen LogP contribution in [0.5, 0.6) is 0 Å². The quantitative estimate of drug-likeness (QED) is 0.646. The van der Waals surface area contributed by atoms with E-state index in [0.717, 1.165) is 12.1 Å². The first-order valence-electron chi connectivity index (χ1n) is 3.96. The first kappa shape index (κ1) is 10.9. The van der Waals surface area contributed by atoms with E-state index in [1.54, 1.807) is 0 Å². The van der Waals surface area contributed by atoms with Gasteiger partial charge < -0.3 is 14.9 Å². The van der Waals surface area contributed by atoms with E-state index in [0.29, 0.717) is 0 Å². The fourth-order valence-electron chi connectivity index (χ4n) is 1.17. The number of rotatable bonds is 2. The molecule has 0 bridgehead atoms. The maximum absolute atomic E-state index is 13.4. The molecule has 14 heavy (non-hydrogen) atoms. The van der Waals surface area contributed by atoms with Crippen molar-refractivity contribution in [1.29, 1.82) is 0 Å². The van der Waals surface area contributed by atoms with Gasteiger partial charge in [0.05, 0.1) is 0 Å². The molecule has 0 aliphatic rings. The summed E-state index contributed by atoms with van der Waals surface area (Å²) >= 11 is 0. The maximum atomic E-state index is 13.4. The van der Waals surface area contributed by atoms with E-state index in [9.17, 15) is 8.78 Å². The van der Waals surface area contributed by atoms with Gasteiger partial charge in [-0.15, -0.1) is 0 Å². The van der Waals surface area contributed by atoms with Crippen molar-refractivity contribution in [2.75, 3.05) is 19.0 Å². The van der Waals surface area contributed by atoms with Crippen LogP contribution in [0.25, 0.3) is 0 Å². The fraction of sp³-hybridized carbons (Fsp3) is 0.250. The molecule has 0 heterocycles. The first-order valence-corrected chi connectivity index (χ1v) is 3.96. The Bertz CT molecular complexity index is 344. The van der Waals surface area contributed by atoms with Gasteiger partial charge in [-0.25, -0.2) is 8.78 Å². The number of nitrogens with zero attached hydrogens (tertiary/aromatic N) is 1. The SMILES string of the molecule is CN(C)c1c(F)ccc(B(O)O)c1F. The summed E-state index contributed by atoms with van der Waals surface area (Å²) in [6.07, 6.45) is 0. The normalized spacial score (nSPS) is 10.1. The third kappa shape index (κ3) is 1.86. The molecule has 0 aliphatic carbocycles. The third-order valence-electron chi connectivity index (χ3n) is 1.82. The smallest absolute Gasteiger partial charge is 0.423 e. The van der Waals surface area contributed by atoms with Gasteiger partial charge >= 0.3 is 7.12 Å². The van der Waals surface area contributed by atoms with E-state index in [4.69, 9.17) is 10.0 Å². The number of halogens is 2. The Labute approximate surface area is 80.7 Å². The van der Waals surface area contributed by atoms with Crippen LogP contribution in [0, 0.1) is 11.6 Å². The molecule has 1 aromatic rings. The minimum Gasteiger partial charge on any atom is -0.423 e. The predicted molar refractivity (Wildman–Crippen MR) is 50.5 cm³/mol. The summed E-state index contributed by atoms with van der Waals surface area (Å²) in [5.41, 5.74) is -0.620. The second-order valence-corrected chi connectivity index (χ2v) is 3.07. The molecule has 0 radical (unpaired) electrons. The fourth-order valence-corrected chi connectivity index (χ4v) is 1.17. The molecule has 0 atom stereocenters. The van der Waals surface area contributed by atoms with Crippen molar-refractivity contribution in [3.8, 4) is 0 Å². The van der Waals surface area contributed by atoms with Gasteiger partial charge in [-0.1, -0.05) is 6.07 Å². The zero-order chi connectivity index (χ0) is 10.9. The third-order valence-corrected chi connectivity index (χ3v) is 1.82. The number of hydrogen-bond donors (Lipinski definition) is 2. The lowest BCUT2D eigenvalue weighted by Crippen LogP contribution is -2.34. The lowest BCUT2D eigenvalue weighted by atomic mass is 9.79. The first-order chi connectivity index (χ1) is 6.45. The molecular formula is C8H10BF2NO2. The van der Waals surface area contributed by atoms with Crippen LogP contribution in [-0.2, 0) is 0 Å². The number of hydrogen-bond acceptors (Lipinski definition) is 3. The van der Waals surface area contributed by atoms with E-state index >= 15 is 0 Å². The van der Waals surface area contributed by atoms with E-state index in [1.165, 1.54) is 19.0 Å². The van der Waals surface area contributed by atoms with Crippen LogP contribution in [0.3, 0.4) is 0 Å². The second-order valence-electron chi connectivity index (χ2n) is 3.07. The minimum atomic E-state index is -1.94. The summed E-state index contributed by atoms with van der Waals surface area (Å²) in [4.78, 5) is 1.23. The lowest BCUT2D eigenvalue weighted by Gasteiger charge is -2.16. The number of benzene rings is 1. The van der Waals surface area contributed by atoms with Crippen LogP contribution >= 0.6 is 0 Å². The van der Waals surface area contributed by atoms with Gasteiger partial charge in [-0.2, -0.15) is 0 Å². The molecule has 2 N–H and O–H groups in total. The monoisotopic (exact) mass is 201 g/mol. The van der Waals surface area contributed by atoms with Crippen molar-refractivity contribution in [3.63, 3.8) is 0 Å². The molecule has 0 saturated heterocycles. The Kier molecular flexibility index (Phi) is 3.08. The molecule has 0 amide bonds. The van der Waals surface area contributed by atoms with Crippen LogP contribution in [0.2, 0.25) is 0 Å². The Balaban J connectivity index is 3.34. The molecule has 6 heteroatoms. The van der Waals surface area contributed by atoms with Crippen LogP contribution in [0.15, 0.2) is 12.1 Å². The molecule has 0 unspecified atom stereocenters. The molecule has 0 aliphatic heterocycles. The van der Waals surface area contributed by atoms with Crippen LogP contribution in [0.1, 0.15) is 0 Å². The van der Waals surface area contributed by atoms with Crippen molar-refractivity contribution < 1.29 is 18.8 Å². The largest absolute Gasteiger partial charge is 0.491 e. The highest BCUT2D eigenvalue weighted by molar-refractivity contribution is 6.58. The Morgan fingerprint density at radius 1 is 1.21 bits per heavy atom. The van der Waals surface area contributed by atoms with Crippen LogP contribution < -0.4 is 10.4 Å². The standard InChI is InChI=1S/C8H10BF2NO2/c1-12(2)8-6(10)4-3-5(7(8)11)9(13)14/h3-4,13-14H,1-2H3. The summed E-state index contributed by atoms with van der Waals surface area (Å²) < 4.78 is 26.5. The summed E-state index contributed by atoms with van der Waals surface area (Å²) in [5.74, 6) is -1.69. The lowest BCUT2D eigenvalue weighted by molar-refractivity contribution is 0.422. The van der Waals surface area contributed by atoms with Crippen molar-refractivity contribution in [2.24, 2.45) is 0 Å². The van der Waals surface area contributed by atoms with Crippen molar-refractivity contribution >= 4 is 18.3 Å². The van der Waals surface area contributed by atoms with Gasteiger partial charge in [0.25, 0.3) is 0 Å². The maximum Gasteiger partial charge on any atom is 0.491 e. The van der Waals surface area contributed by atoms with Gasteiger partial charge in [-0.05, 0) is 6.07 Å². The molecule has 1 rings (SSSR count). The zero-order valence-electron chi connectivity index (χ0n) is 7.83. The average Bonchev–Trinajstić information content (AvgIpc) is 2.02. The van der Waals surface area contributed by atoms with Crippen molar-refractivity contribution in [2.45, 2.75) is 0 Å². The van der Waals surface area contributed by atoms with Gasteiger partial charge in [0.15, 0.2) is 0 Å². The molecule has 0 fully saturated rings. The van der Waals surface area contributed by atoms with E-state index in [-0.39, 0.29) is 11.2 Å². The van der Waals surface area contributed by atoms with E-state index in [1.807, 2.05) is 0 Å². The van der Waals surface area contributed by atoms with Crippen molar-refractivity contribution in [3.05, 3.63) is 23.8 Å². The highest BCUT2D eigenvalue weighted by Crippen LogP contribution is 2.19. The van der Waals surface area contributed by atoms with Crippen molar-refractivity contribution in [1.82, 2.24) is 0 Å². The Hall–Kier alpha value is -1.14. The van der Waals surface area contributed by atoms with Gasteiger partial charge in [0.2, 0.25) is 0 Å². The molecule has 1 aromatic carbocycles. The van der Waals surface area contributed by atoms with Gasteiger partial charge in [0, 0.05) is 19.6 Å². The number of anilines is 1. The Morgan fingerprint density at radius 3 is 2.21 bits per heavy atom. The zero-order valence-corrected chi connectivity index (χ0v) is 7.83. The summed E-state index contributed by atoms with van der Waals surface area (Å²) in [6.45, 7) is 0. The highest BCUT2D eigenvalue weighted by atomic mass is 19.1. The summed E-state index contributed by atoms with van der Waals surface area (Å²) in [7, 11) is 0.999.